The summed E-state index contributed by atoms with van der Waals surface area (Å²) in [6.07, 6.45) is 0.688. The number of hydrogen-bond donors (Lipinski definition) is 1. The summed E-state index contributed by atoms with van der Waals surface area (Å²) >= 11 is 0. The Morgan fingerprint density at radius 3 is 2.39 bits per heavy atom. The van der Waals surface area contributed by atoms with Crippen LogP contribution in [0, 0.1) is 5.82 Å². The predicted molar refractivity (Wildman–Crippen MR) is 71.0 cm³/mol. The molecule has 94 valence electrons. The van der Waals surface area contributed by atoms with Crippen LogP contribution in [0.2, 0.25) is 0 Å². The molecule has 1 atom stereocenters. The van der Waals surface area contributed by atoms with Crippen LogP contribution in [0.4, 0.5) is 4.39 Å². The van der Waals surface area contributed by atoms with Gasteiger partial charge < -0.3 is 5.11 Å². The van der Waals surface area contributed by atoms with Crippen LogP contribution in [0.5, 0.6) is 0 Å². The Morgan fingerprint density at radius 1 is 1.06 bits per heavy atom. The van der Waals surface area contributed by atoms with Crippen LogP contribution in [0.3, 0.4) is 0 Å². The fraction of sp³-hybridized carbons (Fsp3) is 0.250. The lowest BCUT2D eigenvalue weighted by atomic mass is 9.78. The van der Waals surface area contributed by atoms with Gasteiger partial charge in [-0.3, -0.25) is 0 Å². The highest BCUT2D eigenvalue weighted by atomic mass is 19.1. The molecule has 2 aromatic carbocycles. The smallest absolute Gasteiger partial charge is 0.123 e. The first kappa shape index (κ1) is 12.8. The number of benzene rings is 2. The zero-order chi connectivity index (χ0) is 13.0. The summed E-state index contributed by atoms with van der Waals surface area (Å²) in [5, 5.41) is 9.67. The van der Waals surface area contributed by atoms with Crippen molar-refractivity contribution < 1.29 is 9.50 Å². The third-order valence-corrected chi connectivity index (χ3v) is 3.31. The van der Waals surface area contributed by atoms with E-state index in [-0.39, 0.29) is 12.4 Å². The number of rotatable bonds is 4. The molecular weight excluding hydrogens is 227 g/mol. The average Bonchev–Trinajstić information content (AvgIpc) is 2.40. The highest BCUT2D eigenvalue weighted by molar-refractivity contribution is 5.29. The van der Waals surface area contributed by atoms with E-state index in [2.05, 4.69) is 0 Å². The molecule has 2 heteroatoms. The van der Waals surface area contributed by atoms with Gasteiger partial charge in [0.1, 0.15) is 5.82 Å². The zero-order valence-electron chi connectivity index (χ0n) is 10.4. The van der Waals surface area contributed by atoms with Crippen LogP contribution in [0.25, 0.3) is 0 Å². The van der Waals surface area contributed by atoms with E-state index in [0.29, 0.717) is 6.42 Å². The van der Waals surface area contributed by atoms with Gasteiger partial charge in [0.25, 0.3) is 0 Å². The lowest BCUT2D eigenvalue weighted by molar-refractivity contribution is 0.204. The molecule has 2 rings (SSSR count). The molecule has 0 radical (unpaired) electrons. The van der Waals surface area contributed by atoms with Gasteiger partial charge in [0, 0.05) is 5.41 Å². The van der Waals surface area contributed by atoms with Gasteiger partial charge in [0.15, 0.2) is 0 Å². The van der Waals surface area contributed by atoms with Gasteiger partial charge in [0.05, 0.1) is 6.61 Å². The highest BCUT2D eigenvalue weighted by Crippen LogP contribution is 2.28. The van der Waals surface area contributed by atoms with Gasteiger partial charge >= 0.3 is 0 Å². The van der Waals surface area contributed by atoms with E-state index >= 15 is 0 Å². The molecule has 1 unspecified atom stereocenters. The molecule has 0 heterocycles. The second-order valence-corrected chi connectivity index (χ2v) is 4.89. The topological polar surface area (TPSA) is 20.2 Å². The molecule has 1 N–H and O–H groups in total. The van der Waals surface area contributed by atoms with Gasteiger partial charge in [0.2, 0.25) is 0 Å². The Hall–Kier alpha value is -1.67. The lowest BCUT2D eigenvalue weighted by Crippen LogP contribution is -2.29. The van der Waals surface area contributed by atoms with Crippen molar-refractivity contribution in [1.82, 2.24) is 0 Å². The van der Waals surface area contributed by atoms with Gasteiger partial charge in [-0.25, -0.2) is 4.39 Å². The predicted octanol–water partition coefficient (Wildman–Crippen LogP) is 3.32. The number of aliphatic hydroxyl groups is 1. The van der Waals surface area contributed by atoms with E-state index in [0.717, 1.165) is 11.1 Å². The molecule has 2 aromatic rings. The van der Waals surface area contributed by atoms with Gasteiger partial charge in [-0.2, -0.15) is 0 Å². The van der Waals surface area contributed by atoms with Crippen molar-refractivity contribution in [2.24, 2.45) is 0 Å². The molecule has 0 spiro atoms. The minimum Gasteiger partial charge on any atom is -0.395 e. The average molecular weight is 244 g/mol. The van der Waals surface area contributed by atoms with Crippen molar-refractivity contribution in [3.8, 4) is 0 Å². The molecule has 18 heavy (non-hydrogen) atoms. The summed E-state index contributed by atoms with van der Waals surface area (Å²) in [7, 11) is 0. The molecular formula is C16H17FO. The Kier molecular flexibility index (Phi) is 3.78. The Labute approximate surface area is 107 Å². The van der Waals surface area contributed by atoms with Crippen molar-refractivity contribution >= 4 is 0 Å². The van der Waals surface area contributed by atoms with Gasteiger partial charge in [-0.05, 0) is 29.7 Å². The van der Waals surface area contributed by atoms with E-state index in [1.165, 1.54) is 12.1 Å². The van der Waals surface area contributed by atoms with Crippen LogP contribution in [0.15, 0.2) is 54.6 Å². The maximum Gasteiger partial charge on any atom is 0.123 e. The summed E-state index contributed by atoms with van der Waals surface area (Å²) in [4.78, 5) is 0. The number of hydrogen-bond acceptors (Lipinski definition) is 1. The molecule has 1 nitrogen and oxygen atoms in total. The summed E-state index contributed by atoms with van der Waals surface area (Å²) < 4.78 is 13.3. The molecule has 0 aliphatic carbocycles. The van der Waals surface area contributed by atoms with Crippen molar-refractivity contribution in [2.45, 2.75) is 18.8 Å². The summed E-state index contributed by atoms with van der Waals surface area (Å²) in [5.74, 6) is -0.264. The highest BCUT2D eigenvalue weighted by Gasteiger charge is 2.26. The molecule has 0 aromatic heterocycles. The summed E-state index contributed by atoms with van der Waals surface area (Å²) in [5.41, 5.74) is 1.51. The number of aliphatic hydroxyl groups excluding tert-OH is 1. The molecule has 0 amide bonds. The third-order valence-electron chi connectivity index (χ3n) is 3.31. The first-order chi connectivity index (χ1) is 8.64. The second kappa shape index (κ2) is 5.32. The number of halogens is 1. The third kappa shape index (κ3) is 2.77. The molecule has 0 saturated heterocycles. The first-order valence-corrected chi connectivity index (χ1v) is 6.05. The Bertz CT molecular complexity index is 510. The van der Waals surface area contributed by atoms with E-state index in [9.17, 15) is 9.50 Å². The fourth-order valence-corrected chi connectivity index (χ4v) is 2.16. The van der Waals surface area contributed by atoms with Crippen LogP contribution in [0.1, 0.15) is 18.1 Å². The molecule has 0 fully saturated rings. The Morgan fingerprint density at radius 2 is 1.78 bits per heavy atom. The maximum atomic E-state index is 13.3. The second-order valence-electron chi connectivity index (χ2n) is 4.89. The van der Waals surface area contributed by atoms with Crippen LogP contribution in [-0.2, 0) is 11.8 Å². The van der Waals surface area contributed by atoms with Crippen LogP contribution < -0.4 is 0 Å². The van der Waals surface area contributed by atoms with Crippen LogP contribution in [-0.4, -0.2) is 11.7 Å². The van der Waals surface area contributed by atoms with Crippen molar-refractivity contribution in [2.75, 3.05) is 6.61 Å². The van der Waals surface area contributed by atoms with Crippen LogP contribution >= 0.6 is 0 Å². The van der Waals surface area contributed by atoms with E-state index in [1.54, 1.807) is 6.07 Å². The van der Waals surface area contributed by atoms with Crippen molar-refractivity contribution in [1.29, 1.82) is 0 Å². The maximum absolute atomic E-state index is 13.3. The van der Waals surface area contributed by atoms with Crippen molar-refractivity contribution in [3.05, 3.63) is 71.5 Å². The SMILES string of the molecule is CC(CO)(Cc1ccccc1)c1cccc(F)c1. The minimum atomic E-state index is -0.455. The molecule has 0 saturated carbocycles. The summed E-state index contributed by atoms with van der Waals surface area (Å²) in [6.45, 7) is 1.94. The lowest BCUT2D eigenvalue weighted by Gasteiger charge is -2.28. The zero-order valence-corrected chi connectivity index (χ0v) is 10.4. The largest absolute Gasteiger partial charge is 0.395 e. The minimum absolute atomic E-state index is 0.00858. The molecule has 0 bridgehead atoms. The quantitative estimate of drug-likeness (QED) is 0.874. The van der Waals surface area contributed by atoms with Crippen molar-refractivity contribution in [3.63, 3.8) is 0 Å². The van der Waals surface area contributed by atoms with E-state index in [1.807, 2.05) is 43.3 Å². The van der Waals surface area contributed by atoms with E-state index in [4.69, 9.17) is 0 Å². The first-order valence-electron chi connectivity index (χ1n) is 6.05. The monoisotopic (exact) mass is 244 g/mol. The van der Waals surface area contributed by atoms with Gasteiger partial charge in [-0.1, -0.05) is 49.4 Å². The van der Waals surface area contributed by atoms with Gasteiger partial charge in [-0.15, -0.1) is 0 Å². The van der Waals surface area contributed by atoms with E-state index < -0.39 is 5.41 Å². The molecule has 0 aliphatic heterocycles. The fourth-order valence-electron chi connectivity index (χ4n) is 2.16. The Balaban J connectivity index is 2.31. The molecule has 0 aliphatic rings. The standard InChI is InChI=1S/C16H17FO/c1-16(12-18,11-13-6-3-2-4-7-13)14-8-5-9-15(17)10-14/h2-10,18H,11-12H2,1H3. The summed E-state index contributed by atoms with van der Waals surface area (Å²) in [6, 6.07) is 16.4. The normalized spacial score (nSPS) is 14.2.